The van der Waals surface area contributed by atoms with E-state index in [0.717, 1.165) is 18.2 Å². The largest absolute Gasteiger partial charge is 1.00 e. The molecule has 1 amide bonds. The van der Waals surface area contributed by atoms with E-state index >= 15 is 0 Å². The van der Waals surface area contributed by atoms with Gasteiger partial charge in [0.2, 0.25) is 11.7 Å². The van der Waals surface area contributed by atoms with Crippen LogP contribution < -0.4 is 27.3 Å². The number of pyridine rings is 1. The van der Waals surface area contributed by atoms with Gasteiger partial charge in [0.05, 0.1) is 11.1 Å². The molecule has 0 radical (unpaired) electrons. The molecule has 0 atom stereocenters. The third kappa shape index (κ3) is 4.95. The average Bonchev–Trinajstić information content (AvgIpc) is 2.89. The molecule has 0 unspecified atom stereocenters. The van der Waals surface area contributed by atoms with E-state index in [4.69, 9.17) is 5.73 Å². The summed E-state index contributed by atoms with van der Waals surface area (Å²) >= 11 is 0. The summed E-state index contributed by atoms with van der Waals surface area (Å²) in [5.41, 5.74) is 7.86. The van der Waals surface area contributed by atoms with Crippen molar-refractivity contribution in [2.45, 2.75) is 25.8 Å². The minimum absolute atomic E-state index is 0. The van der Waals surface area contributed by atoms with Crippen LogP contribution >= 0.6 is 0 Å². The van der Waals surface area contributed by atoms with Crippen molar-refractivity contribution in [3.8, 4) is 11.5 Å². The fourth-order valence-electron chi connectivity index (χ4n) is 4.92. The van der Waals surface area contributed by atoms with Crippen LogP contribution in [-0.2, 0) is 19.4 Å². The van der Waals surface area contributed by atoms with Gasteiger partial charge in [-0.05, 0) is 42.5 Å². The number of amides is 1. The van der Waals surface area contributed by atoms with Crippen molar-refractivity contribution in [3.63, 3.8) is 0 Å². The lowest BCUT2D eigenvalue weighted by atomic mass is 9.78. The number of ketones is 2. The average molecular weight is 573 g/mol. The zero-order valence-corrected chi connectivity index (χ0v) is 21.9. The number of primary amides is 1. The first-order valence-corrected chi connectivity index (χ1v) is 12.0. The van der Waals surface area contributed by atoms with Gasteiger partial charge in [0, 0.05) is 34.4 Å². The summed E-state index contributed by atoms with van der Waals surface area (Å²) in [6.07, 6.45) is 5.55. The maximum Gasteiger partial charge on any atom is 0.249 e. The van der Waals surface area contributed by atoms with Gasteiger partial charge in [-0.1, -0.05) is 42.5 Å². The summed E-state index contributed by atoms with van der Waals surface area (Å²) in [6, 6.07) is 19.6. The normalized spacial score (nSPS) is 11.9. The van der Waals surface area contributed by atoms with E-state index in [1.165, 1.54) is 23.8 Å². The van der Waals surface area contributed by atoms with Crippen LogP contribution in [0, 0.1) is 0 Å². The molecule has 0 aliphatic heterocycles. The van der Waals surface area contributed by atoms with Gasteiger partial charge < -0.3 is 32.9 Å². The number of aryl methyl sites for hydroxylation is 1. The van der Waals surface area contributed by atoms with Crippen molar-refractivity contribution >= 4 is 17.5 Å². The van der Waals surface area contributed by atoms with Crippen molar-refractivity contribution in [3.05, 3.63) is 124 Å². The first kappa shape index (κ1) is 26.8. The third-order valence-corrected chi connectivity index (χ3v) is 6.71. The second-order valence-electron chi connectivity index (χ2n) is 9.11. The van der Waals surface area contributed by atoms with E-state index in [-0.39, 0.29) is 50.5 Å². The van der Waals surface area contributed by atoms with Gasteiger partial charge in [-0.15, -0.1) is 0 Å². The molecule has 192 valence electrons. The highest BCUT2D eigenvalue weighted by Crippen LogP contribution is 2.39. The van der Waals surface area contributed by atoms with Gasteiger partial charge >= 0.3 is 0 Å². The van der Waals surface area contributed by atoms with Crippen LogP contribution in [0.25, 0.3) is 0 Å². The highest BCUT2D eigenvalue weighted by Gasteiger charge is 2.37. The Morgan fingerprint density at radius 3 is 2.16 bits per heavy atom. The highest BCUT2D eigenvalue weighted by molar-refractivity contribution is 6.31. The predicted octanol–water partition coefficient (Wildman–Crippen LogP) is 0.487. The van der Waals surface area contributed by atoms with Crippen molar-refractivity contribution in [2.24, 2.45) is 5.73 Å². The van der Waals surface area contributed by atoms with Gasteiger partial charge in [-0.25, -0.2) is 4.57 Å². The number of hydrogen-bond acceptors (Lipinski definition) is 5. The van der Waals surface area contributed by atoms with Crippen LogP contribution in [0.3, 0.4) is 0 Å². The summed E-state index contributed by atoms with van der Waals surface area (Å²) in [5, 5.41) is 20.8. The number of phenols is 2. The molecule has 5 rings (SSSR count). The van der Waals surface area contributed by atoms with Crippen molar-refractivity contribution in [1.82, 2.24) is 0 Å². The fraction of sp³-hybridized carbons (Fsp3) is 0.133. The van der Waals surface area contributed by atoms with E-state index in [0.29, 0.717) is 24.8 Å². The van der Waals surface area contributed by atoms with Crippen LogP contribution in [0.1, 0.15) is 65.3 Å². The highest BCUT2D eigenvalue weighted by atomic mass is 79.9. The van der Waals surface area contributed by atoms with Gasteiger partial charge in [0.25, 0.3) is 0 Å². The van der Waals surface area contributed by atoms with E-state index < -0.39 is 23.2 Å². The van der Waals surface area contributed by atoms with Crippen LogP contribution in [0.4, 0.5) is 0 Å². The summed E-state index contributed by atoms with van der Waals surface area (Å²) in [7, 11) is 0. The summed E-state index contributed by atoms with van der Waals surface area (Å²) in [4.78, 5) is 38.9. The molecule has 1 aliphatic rings. The van der Waals surface area contributed by atoms with Crippen molar-refractivity contribution in [2.75, 3.05) is 0 Å². The lowest BCUT2D eigenvalue weighted by molar-refractivity contribution is -0.688. The standard InChI is InChI=1S/C30H24N2O5.BrH/c31-30(37)22-16-24(34)27-26(28(35)21-10-5-11-23(33)25(21)29(27)36)20(22)9-4-8-18-12-14-32(15-13-18)17-19-6-2-1-3-7-19;/h1-3,5-7,10-16H,4,8-9,17H2,(H3-,31,33,34,36,37);1H. The number of benzene rings is 3. The molecular formula is C30H25BrN2O5. The summed E-state index contributed by atoms with van der Waals surface area (Å²) in [5.74, 6) is -2.84. The van der Waals surface area contributed by atoms with E-state index in [1.54, 1.807) is 0 Å². The Bertz CT molecular complexity index is 1550. The van der Waals surface area contributed by atoms with Crippen LogP contribution in [0.5, 0.6) is 11.5 Å². The van der Waals surface area contributed by atoms with Crippen LogP contribution in [0.2, 0.25) is 0 Å². The zero-order valence-electron chi connectivity index (χ0n) is 20.4. The van der Waals surface area contributed by atoms with Gasteiger partial charge in [0.1, 0.15) is 11.5 Å². The van der Waals surface area contributed by atoms with E-state index in [2.05, 4.69) is 16.7 Å². The third-order valence-electron chi connectivity index (χ3n) is 6.71. The minimum atomic E-state index is -0.795. The molecule has 8 heteroatoms. The monoisotopic (exact) mass is 572 g/mol. The smallest absolute Gasteiger partial charge is 0.249 e. The SMILES string of the molecule is NC(=O)c1cc(O)c2c(c1CCCc1cc[n+](Cc3ccccc3)cc1)C(=O)c1cccc(O)c1C2=O.[Br-]. The molecule has 0 saturated carbocycles. The fourth-order valence-corrected chi connectivity index (χ4v) is 4.92. The molecule has 4 aromatic rings. The molecule has 7 nitrogen and oxygen atoms in total. The molecule has 0 fully saturated rings. The lowest BCUT2D eigenvalue weighted by Crippen LogP contribution is -3.00. The molecule has 1 aromatic heterocycles. The number of carbonyl (C=O) groups excluding carboxylic acids is 3. The zero-order chi connectivity index (χ0) is 26.1. The number of carbonyl (C=O) groups is 3. The van der Waals surface area contributed by atoms with Gasteiger partial charge in [-0.3, -0.25) is 14.4 Å². The maximum atomic E-state index is 13.4. The maximum absolute atomic E-state index is 13.4. The molecule has 0 spiro atoms. The number of hydrogen-bond donors (Lipinski definition) is 3. The van der Waals surface area contributed by atoms with E-state index in [9.17, 15) is 24.6 Å². The van der Waals surface area contributed by atoms with Crippen LogP contribution in [0.15, 0.2) is 79.1 Å². The Kier molecular flexibility index (Phi) is 7.73. The van der Waals surface area contributed by atoms with Crippen molar-refractivity contribution < 1.29 is 46.1 Å². The molecule has 3 aromatic carbocycles. The number of aromatic nitrogens is 1. The van der Waals surface area contributed by atoms with Gasteiger partial charge in [0.15, 0.2) is 24.7 Å². The number of phenolic OH excluding ortho intramolecular Hbond substituents is 2. The molecular weight excluding hydrogens is 548 g/mol. The number of fused-ring (bicyclic) bond motifs is 2. The number of rotatable bonds is 7. The number of halogens is 1. The lowest BCUT2D eigenvalue weighted by Gasteiger charge is -2.23. The van der Waals surface area contributed by atoms with Crippen molar-refractivity contribution in [1.29, 1.82) is 0 Å². The Balaban J connectivity index is 0.00000336. The quantitative estimate of drug-likeness (QED) is 0.245. The Morgan fingerprint density at radius 1 is 0.763 bits per heavy atom. The Morgan fingerprint density at radius 2 is 1.47 bits per heavy atom. The molecule has 0 saturated heterocycles. The second-order valence-corrected chi connectivity index (χ2v) is 9.11. The molecule has 1 heterocycles. The Labute approximate surface area is 230 Å². The molecule has 4 N–H and O–H groups in total. The molecule has 0 bridgehead atoms. The Hall–Kier alpha value is -4.30. The molecule has 38 heavy (non-hydrogen) atoms. The van der Waals surface area contributed by atoms with Gasteiger partial charge in [-0.2, -0.15) is 0 Å². The molecule has 1 aliphatic carbocycles. The number of nitrogens with zero attached hydrogens (tertiary/aromatic N) is 1. The van der Waals surface area contributed by atoms with Crippen LogP contribution in [-0.4, -0.2) is 27.7 Å². The second kappa shape index (κ2) is 11.0. The number of nitrogens with two attached hydrogens (primary N) is 1. The van der Waals surface area contributed by atoms with E-state index in [1.807, 2.05) is 42.7 Å². The summed E-state index contributed by atoms with van der Waals surface area (Å²) < 4.78 is 2.08. The first-order valence-electron chi connectivity index (χ1n) is 12.0. The summed E-state index contributed by atoms with van der Waals surface area (Å²) in [6.45, 7) is 0.760. The minimum Gasteiger partial charge on any atom is -1.00 e. The topological polar surface area (TPSA) is 122 Å². The first-order chi connectivity index (χ1) is 17.8. The predicted molar refractivity (Wildman–Crippen MR) is 136 cm³/mol. The number of aromatic hydroxyl groups is 2.